The molecule has 0 radical (unpaired) electrons. The number of nitrogens with zero attached hydrogens (tertiary/aromatic N) is 7. The van der Waals surface area contributed by atoms with Crippen molar-refractivity contribution in [2.75, 3.05) is 54.4 Å². The number of anilines is 4. The van der Waals surface area contributed by atoms with Crippen molar-refractivity contribution in [3.8, 4) is 5.88 Å². The van der Waals surface area contributed by atoms with Crippen molar-refractivity contribution in [3.63, 3.8) is 0 Å². The quantitative estimate of drug-likeness (QED) is 0.0573. The third kappa shape index (κ3) is 8.48. The number of nitro benzene ring substituents is 1. The maximum absolute atomic E-state index is 14.6. The molecular weight excluding hydrogens is 911 g/mol. The van der Waals surface area contributed by atoms with Crippen LogP contribution in [0.3, 0.4) is 0 Å². The number of carbonyl (C=O) groups excluding carboxylic acids is 1. The number of carbonyl (C=O) groups is 1. The molecule has 2 aliphatic carbocycles. The number of pyridine rings is 2. The first-order valence-electron chi connectivity index (χ1n) is 24.8. The molecule has 4 fully saturated rings. The Morgan fingerprint density at radius 2 is 1.79 bits per heavy atom. The molecule has 11 rings (SSSR count). The predicted molar refractivity (Wildman–Crippen MR) is 267 cm³/mol. The summed E-state index contributed by atoms with van der Waals surface area (Å²) in [5.74, 6) is 0.698. The highest BCUT2D eigenvalue weighted by Crippen LogP contribution is 2.54. The summed E-state index contributed by atoms with van der Waals surface area (Å²) in [7, 11) is -4.77. The zero-order chi connectivity index (χ0) is 48.5. The minimum Gasteiger partial charge on any atom is -0.474 e. The first-order chi connectivity index (χ1) is 33.7. The van der Waals surface area contributed by atoms with Gasteiger partial charge in [0.15, 0.2) is 0 Å². The lowest BCUT2D eigenvalue weighted by molar-refractivity contribution is -0.384. The smallest absolute Gasteiger partial charge is 0.296 e. The zero-order valence-electron chi connectivity index (χ0n) is 39.9. The van der Waals surface area contributed by atoms with Crippen LogP contribution in [0.15, 0.2) is 72.1 Å². The fourth-order valence-electron chi connectivity index (χ4n) is 12.1. The third-order valence-corrected chi connectivity index (χ3v) is 17.4. The number of H-pyrrole nitrogens is 2. The Kier molecular flexibility index (Phi) is 11.7. The predicted octanol–water partition coefficient (Wildman–Crippen LogP) is 8.45. The SMILES string of the molecule is CC(C)c1ccccc1[C@@H]1CCCN1C1CC2(CCN(c3cc(N4CCOc5nc6[nH]ccc6cc54)c(C(=O)NS(=O)(=O)c4cc([N+](=O)[O-])c(NCC5CCC(C)(O)CC5)c5[nH]cnc45)cn3)CC2)C1. The number of aliphatic hydroxyl groups is 1. The second kappa shape index (κ2) is 17.8. The minimum absolute atomic E-state index is 0.0126. The van der Waals surface area contributed by atoms with Gasteiger partial charge in [0.1, 0.15) is 39.9 Å². The first-order valence-corrected chi connectivity index (χ1v) is 26.3. The van der Waals surface area contributed by atoms with Crippen LogP contribution in [0.4, 0.5) is 28.6 Å². The Bertz CT molecular complexity index is 3090. The largest absolute Gasteiger partial charge is 0.474 e. The molecule has 1 spiro atoms. The molecule has 2 saturated carbocycles. The van der Waals surface area contributed by atoms with Crippen LogP contribution in [0, 0.1) is 21.4 Å². The number of piperidine rings is 1. The van der Waals surface area contributed by atoms with Gasteiger partial charge in [-0.2, -0.15) is 4.98 Å². The summed E-state index contributed by atoms with van der Waals surface area (Å²) in [5, 5.41) is 27.0. The molecule has 1 amide bonds. The van der Waals surface area contributed by atoms with Gasteiger partial charge in [-0.25, -0.2) is 23.1 Å². The Morgan fingerprint density at radius 3 is 2.56 bits per heavy atom. The van der Waals surface area contributed by atoms with Gasteiger partial charge in [-0.15, -0.1) is 0 Å². The molecule has 5 N–H and O–H groups in total. The minimum atomic E-state index is -4.77. The van der Waals surface area contributed by atoms with Crippen LogP contribution in [0.25, 0.3) is 22.1 Å². The summed E-state index contributed by atoms with van der Waals surface area (Å²) in [6.45, 7) is 10.1. The van der Waals surface area contributed by atoms with Crippen LogP contribution in [0.1, 0.15) is 118 Å². The molecule has 0 bridgehead atoms. The number of nitro groups is 1. The van der Waals surface area contributed by atoms with Crippen molar-refractivity contribution >= 4 is 66.6 Å². The molecule has 7 heterocycles. The summed E-state index contributed by atoms with van der Waals surface area (Å²) >= 11 is 0. The van der Waals surface area contributed by atoms with Crippen LogP contribution in [0.2, 0.25) is 0 Å². The Balaban J connectivity index is 0.855. The average molecular weight is 972 g/mol. The number of sulfonamides is 1. The van der Waals surface area contributed by atoms with Crippen LogP contribution >= 0.6 is 0 Å². The second-order valence-electron chi connectivity index (χ2n) is 20.9. The molecule has 0 unspecified atom stereocenters. The van der Waals surface area contributed by atoms with Gasteiger partial charge in [0, 0.05) is 61.6 Å². The van der Waals surface area contributed by atoms with Gasteiger partial charge in [0.2, 0.25) is 5.88 Å². The second-order valence-corrected chi connectivity index (χ2v) is 22.6. The van der Waals surface area contributed by atoms with E-state index >= 15 is 0 Å². The number of aromatic amines is 2. The summed E-state index contributed by atoms with van der Waals surface area (Å²) in [6.07, 6.45) is 14.0. The number of aromatic nitrogens is 5. The number of benzene rings is 2. The maximum Gasteiger partial charge on any atom is 0.296 e. The lowest BCUT2D eigenvalue weighted by Gasteiger charge is -2.56. The molecule has 2 saturated heterocycles. The van der Waals surface area contributed by atoms with Gasteiger partial charge in [-0.05, 0) is 118 Å². The maximum atomic E-state index is 14.6. The number of rotatable bonds is 12. The van der Waals surface area contributed by atoms with Gasteiger partial charge >= 0.3 is 0 Å². The molecule has 3 aliphatic heterocycles. The van der Waals surface area contributed by atoms with Crippen molar-refractivity contribution in [3.05, 3.63) is 94.1 Å². The topological polar surface area (TPSA) is 228 Å². The van der Waals surface area contributed by atoms with Crippen molar-refractivity contribution in [2.24, 2.45) is 11.3 Å². The third-order valence-electron chi connectivity index (χ3n) is 16.1. The fourth-order valence-corrected chi connectivity index (χ4v) is 13.3. The molecule has 5 aliphatic rings. The van der Waals surface area contributed by atoms with E-state index in [9.17, 15) is 28.4 Å². The number of hydrogen-bond donors (Lipinski definition) is 5. The normalized spacial score (nSPS) is 22.9. The number of imidazole rings is 1. The standard InChI is InChI=1S/C51H61N11O7S/c1-31(2)35-7-4-5-8-36(35)38-9-6-18-60(38)34-26-51(27-34)15-19-59(20-16-51)43-25-39(61-21-22-69-49-41(61)23-33-12-17-52-47(33)57-49)37(29-53-43)48(63)58-70(67,68)42-24-40(62(65)66)44(46-45(42)55-30-56-46)54-28-32-10-13-50(3,64)14-11-32/h4-5,7-8,12,17,23-25,29-32,34,38,54,64H,6,9-11,13-16,18-22,26-28H2,1-3H3,(H,52,57)(H,55,56)(H,58,63)/t32?,38-,50?/m0/s1. The number of hydrogen-bond acceptors (Lipinski definition) is 14. The molecule has 4 aromatic heterocycles. The van der Waals surface area contributed by atoms with E-state index in [2.05, 4.69) is 72.9 Å². The Morgan fingerprint density at radius 1 is 1.00 bits per heavy atom. The van der Waals surface area contributed by atoms with E-state index < -0.39 is 37.0 Å². The molecule has 19 heteroatoms. The highest BCUT2D eigenvalue weighted by molar-refractivity contribution is 7.90. The van der Waals surface area contributed by atoms with Gasteiger partial charge in [-0.3, -0.25) is 19.8 Å². The summed E-state index contributed by atoms with van der Waals surface area (Å²) < 4.78 is 37.1. The zero-order valence-corrected chi connectivity index (χ0v) is 40.7. The van der Waals surface area contributed by atoms with Crippen LogP contribution in [-0.2, 0) is 10.0 Å². The van der Waals surface area contributed by atoms with E-state index in [1.54, 1.807) is 6.20 Å². The van der Waals surface area contributed by atoms with Crippen LogP contribution in [0.5, 0.6) is 5.88 Å². The highest BCUT2D eigenvalue weighted by Gasteiger charge is 2.50. The van der Waals surface area contributed by atoms with Gasteiger partial charge in [0.05, 0.1) is 40.2 Å². The van der Waals surface area contributed by atoms with E-state index in [0.29, 0.717) is 72.7 Å². The van der Waals surface area contributed by atoms with Gasteiger partial charge < -0.3 is 34.9 Å². The molecule has 2 aromatic carbocycles. The Labute approximate surface area is 406 Å². The summed E-state index contributed by atoms with van der Waals surface area (Å²) in [5.41, 5.74) is 3.80. The number of fused-ring (bicyclic) bond motifs is 3. The van der Waals surface area contributed by atoms with Crippen molar-refractivity contribution in [2.45, 2.75) is 113 Å². The molecular formula is C51H61N11O7S. The lowest BCUT2D eigenvalue weighted by Crippen LogP contribution is -2.55. The van der Waals surface area contributed by atoms with Crippen LogP contribution in [-0.4, -0.2) is 105 Å². The van der Waals surface area contributed by atoms with Gasteiger partial charge in [0.25, 0.3) is 21.6 Å². The monoisotopic (exact) mass is 971 g/mol. The average Bonchev–Trinajstić information content (AvgIpc) is 4.14. The van der Waals surface area contributed by atoms with E-state index in [4.69, 9.17) is 14.7 Å². The van der Waals surface area contributed by atoms with E-state index in [0.717, 1.165) is 56.8 Å². The molecule has 6 aromatic rings. The summed E-state index contributed by atoms with van der Waals surface area (Å²) in [6, 6.07) is 16.6. The number of nitrogens with one attached hydrogen (secondary N) is 4. The van der Waals surface area contributed by atoms with Crippen molar-refractivity contribution in [1.29, 1.82) is 0 Å². The lowest BCUT2D eigenvalue weighted by atomic mass is 9.60. The fraction of sp³-hybridized carbons (Fsp3) is 0.490. The molecule has 368 valence electrons. The molecule has 70 heavy (non-hydrogen) atoms. The van der Waals surface area contributed by atoms with Gasteiger partial charge in [-0.1, -0.05) is 38.1 Å². The molecule has 1 atom stereocenters. The highest BCUT2D eigenvalue weighted by atomic mass is 32.2. The number of ether oxygens (including phenoxy) is 1. The van der Waals surface area contributed by atoms with Crippen LogP contribution < -0.4 is 24.6 Å². The first kappa shape index (κ1) is 46.1. The summed E-state index contributed by atoms with van der Waals surface area (Å²) in [4.78, 5) is 52.8. The number of likely N-dealkylation sites (tertiary alicyclic amines) is 1. The molecule has 18 nitrogen and oxygen atoms in total. The van der Waals surface area contributed by atoms with E-state index in [-0.39, 0.29) is 40.2 Å². The number of amides is 1. The van der Waals surface area contributed by atoms with Crippen molar-refractivity contribution in [1.82, 2.24) is 34.5 Å². The van der Waals surface area contributed by atoms with E-state index in [1.165, 1.54) is 49.3 Å². The van der Waals surface area contributed by atoms with E-state index in [1.807, 2.05) is 30.0 Å². The Hall–Kier alpha value is -6.31. The van der Waals surface area contributed by atoms with Crippen molar-refractivity contribution < 1.29 is 28.0 Å².